The van der Waals surface area contributed by atoms with Crippen LogP contribution in [0.1, 0.15) is 24.8 Å². The Morgan fingerprint density at radius 1 is 1.06 bits per heavy atom. The molecule has 0 amide bonds. The lowest BCUT2D eigenvalue weighted by Gasteiger charge is -2.12. The zero-order chi connectivity index (χ0) is 12.5. The first-order chi connectivity index (χ1) is 8.59. The van der Waals surface area contributed by atoms with E-state index < -0.39 is 10.0 Å². The van der Waals surface area contributed by atoms with Crippen LogP contribution in [0.4, 0.5) is 0 Å². The second kappa shape index (κ2) is 3.36. The number of fused-ring (bicyclic) bond motifs is 5. The van der Waals surface area contributed by atoms with Gasteiger partial charge in [0, 0.05) is 12.1 Å². The third-order valence-corrected chi connectivity index (χ3v) is 6.83. The van der Waals surface area contributed by atoms with Gasteiger partial charge in [0.25, 0.3) is 0 Å². The first-order valence-corrected chi connectivity index (χ1v) is 8.13. The topological polar surface area (TPSA) is 37.1 Å². The lowest BCUT2D eigenvalue weighted by atomic mass is 10.0. The highest BCUT2D eigenvalue weighted by molar-refractivity contribution is 7.89. The van der Waals surface area contributed by atoms with Gasteiger partial charge >= 0.3 is 0 Å². The van der Waals surface area contributed by atoms with E-state index in [1.807, 2.05) is 19.1 Å². The normalized spacial score (nSPS) is 40.8. The predicted octanol–water partition coefficient (Wildman–Crippen LogP) is 2.17. The molecule has 0 spiro atoms. The highest BCUT2D eigenvalue weighted by Crippen LogP contribution is 2.60. The fourth-order valence-corrected chi connectivity index (χ4v) is 5.95. The Morgan fingerprint density at radius 2 is 1.61 bits per heavy atom. The average Bonchev–Trinajstić information content (AvgIpc) is 2.83. The van der Waals surface area contributed by atoms with Gasteiger partial charge in [-0.3, -0.25) is 0 Å². The number of nitrogens with zero attached hydrogens (tertiary/aromatic N) is 1. The van der Waals surface area contributed by atoms with Crippen molar-refractivity contribution in [1.29, 1.82) is 0 Å². The molecule has 1 unspecified atom stereocenters. The zero-order valence-electron chi connectivity index (χ0n) is 10.4. The van der Waals surface area contributed by atoms with Crippen molar-refractivity contribution in [3.63, 3.8) is 0 Å². The van der Waals surface area contributed by atoms with Crippen LogP contribution in [0.15, 0.2) is 29.2 Å². The summed E-state index contributed by atoms with van der Waals surface area (Å²) in [6, 6.07) is 7.88. The number of hydrogen-bond donors (Lipinski definition) is 0. The summed E-state index contributed by atoms with van der Waals surface area (Å²) >= 11 is 0. The Kier molecular flexibility index (Phi) is 2.06. The number of rotatable bonds is 2. The molecular formula is C14H17NO2S. The molecule has 96 valence electrons. The molecule has 3 fully saturated rings. The Labute approximate surface area is 108 Å². The Bertz CT molecular complexity index is 577. The monoisotopic (exact) mass is 263 g/mol. The molecule has 0 N–H and O–H groups in total. The molecular weight excluding hydrogens is 246 g/mol. The average molecular weight is 263 g/mol. The van der Waals surface area contributed by atoms with E-state index >= 15 is 0 Å². The van der Waals surface area contributed by atoms with Crippen molar-refractivity contribution in [2.45, 2.75) is 43.2 Å². The van der Waals surface area contributed by atoms with Crippen molar-refractivity contribution in [2.24, 2.45) is 11.8 Å². The van der Waals surface area contributed by atoms with Crippen molar-refractivity contribution < 1.29 is 8.42 Å². The smallest absolute Gasteiger partial charge is 0.207 e. The minimum atomic E-state index is -3.23. The minimum absolute atomic E-state index is 0.329. The van der Waals surface area contributed by atoms with Crippen LogP contribution in [0.5, 0.6) is 0 Å². The summed E-state index contributed by atoms with van der Waals surface area (Å²) < 4.78 is 26.9. The second-order valence-electron chi connectivity index (χ2n) is 5.96. The summed E-state index contributed by atoms with van der Waals surface area (Å²) in [7, 11) is -3.23. The molecule has 1 heterocycles. The third-order valence-electron chi connectivity index (χ3n) is 4.92. The molecule has 3 aliphatic rings. The number of sulfonamides is 1. The predicted molar refractivity (Wildman–Crippen MR) is 68.6 cm³/mol. The fraction of sp³-hybridized carbons (Fsp3) is 0.571. The quantitative estimate of drug-likeness (QED) is 0.767. The molecule has 0 aromatic heterocycles. The molecule has 5 atom stereocenters. The van der Waals surface area contributed by atoms with Crippen LogP contribution in [-0.2, 0) is 10.0 Å². The number of aryl methyl sites for hydroxylation is 1. The van der Waals surface area contributed by atoms with Crippen molar-refractivity contribution in [1.82, 2.24) is 4.31 Å². The molecule has 1 aromatic rings. The molecule has 2 saturated carbocycles. The first kappa shape index (κ1) is 11.0. The minimum Gasteiger partial charge on any atom is -0.207 e. The van der Waals surface area contributed by atoms with Gasteiger partial charge in [0.15, 0.2) is 0 Å². The summed E-state index contributed by atoms with van der Waals surface area (Å²) in [5.74, 6) is 1.28. The van der Waals surface area contributed by atoms with Gasteiger partial charge in [-0.05, 0) is 50.2 Å². The maximum Gasteiger partial charge on any atom is 0.243 e. The summed E-state index contributed by atoms with van der Waals surface area (Å²) in [5, 5.41) is 0. The fourth-order valence-electron chi connectivity index (χ4n) is 4.05. The zero-order valence-corrected chi connectivity index (χ0v) is 11.2. The number of piperidine rings is 1. The molecule has 0 radical (unpaired) electrons. The largest absolute Gasteiger partial charge is 0.243 e. The van der Waals surface area contributed by atoms with Crippen molar-refractivity contribution in [3.8, 4) is 0 Å². The molecule has 4 heteroatoms. The summed E-state index contributed by atoms with van der Waals surface area (Å²) in [4.78, 5) is 0.460. The molecule has 2 bridgehead atoms. The maximum atomic E-state index is 12.6. The van der Waals surface area contributed by atoms with E-state index in [2.05, 4.69) is 0 Å². The van der Waals surface area contributed by atoms with E-state index in [9.17, 15) is 8.42 Å². The molecule has 1 aromatic carbocycles. The van der Waals surface area contributed by atoms with Crippen LogP contribution in [0, 0.1) is 18.8 Å². The van der Waals surface area contributed by atoms with E-state index in [0.717, 1.165) is 5.56 Å². The van der Waals surface area contributed by atoms with E-state index in [-0.39, 0.29) is 0 Å². The van der Waals surface area contributed by atoms with Crippen LogP contribution in [0.3, 0.4) is 0 Å². The highest BCUT2D eigenvalue weighted by Gasteiger charge is 2.68. The van der Waals surface area contributed by atoms with E-state index in [1.54, 1.807) is 16.4 Å². The third kappa shape index (κ3) is 1.30. The molecule has 3 nitrogen and oxygen atoms in total. The summed E-state index contributed by atoms with van der Waals surface area (Å²) in [5.41, 5.74) is 1.10. The SMILES string of the molecule is Cc1ccc(S(=O)(=O)N2[C@@H]3[C@@H]4CC[C@H](C4)[C@@H]32)cc1. The van der Waals surface area contributed by atoms with Crippen molar-refractivity contribution >= 4 is 10.0 Å². The van der Waals surface area contributed by atoms with Crippen LogP contribution in [0.2, 0.25) is 0 Å². The summed E-state index contributed by atoms with van der Waals surface area (Å²) in [6.07, 6.45) is 3.72. The van der Waals surface area contributed by atoms with Gasteiger partial charge in [-0.1, -0.05) is 17.7 Å². The highest BCUT2D eigenvalue weighted by atomic mass is 32.2. The van der Waals surface area contributed by atoms with E-state index in [1.165, 1.54) is 19.3 Å². The number of benzene rings is 1. The molecule has 2 aliphatic carbocycles. The van der Waals surface area contributed by atoms with Crippen LogP contribution in [0.25, 0.3) is 0 Å². The summed E-state index contributed by atoms with van der Waals surface area (Å²) in [6.45, 7) is 1.97. The van der Waals surface area contributed by atoms with Crippen molar-refractivity contribution in [2.75, 3.05) is 0 Å². The second-order valence-corrected chi connectivity index (χ2v) is 7.81. The number of hydrogen-bond acceptors (Lipinski definition) is 2. The van der Waals surface area contributed by atoms with Gasteiger partial charge in [0.1, 0.15) is 0 Å². The van der Waals surface area contributed by atoms with Gasteiger partial charge < -0.3 is 0 Å². The molecule has 1 aliphatic heterocycles. The van der Waals surface area contributed by atoms with Gasteiger partial charge in [-0.25, -0.2) is 8.42 Å². The Balaban J connectivity index is 1.68. The lowest BCUT2D eigenvalue weighted by Crippen LogP contribution is -2.21. The van der Waals surface area contributed by atoms with Gasteiger partial charge in [-0.15, -0.1) is 0 Å². The van der Waals surface area contributed by atoms with Crippen LogP contribution < -0.4 is 0 Å². The first-order valence-electron chi connectivity index (χ1n) is 6.69. The Morgan fingerprint density at radius 3 is 2.17 bits per heavy atom. The van der Waals surface area contributed by atoms with Crippen LogP contribution in [-0.4, -0.2) is 24.8 Å². The lowest BCUT2D eigenvalue weighted by molar-refractivity contribution is 0.447. The molecule has 1 saturated heterocycles. The van der Waals surface area contributed by atoms with Gasteiger partial charge in [-0.2, -0.15) is 4.31 Å². The van der Waals surface area contributed by atoms with Crippen LogP contribution >= 0.6 is 0 Å². The van der Waals surface area contributed by atoms with Crippen molar-refractivity contribution in [3.05, 3.63) is 29.8 Å². The van der Waals surface area contributed by atoms with E-state index in [0.29, 0.717) is 28.8 Å². The molecule has 18 heavy (non-hydrogen) atoms. The van der Waals surface area contributed by atoms with Gasteiger partial charge in [0.2, 0.25) is 10.0 Å². The maximum absolute atomic E-state index is 12.6. The van der Waals surface area contributed by atoms with Gasteiger partial charge in [0.05, 0.1) is 4.90 Å². The Hall–Kier alpha value is -0.870. The van der Waals surface area contributed by atoms with E-state index in [4.69, 9.17) is 0 Å². The molecule has 4 rings (SSSR count). The standard InChI is InChI=1S/C14H17NO2S/c1-9-2-6-12(7-3-9)18(16,17)15-13-10-4-5-11(8-10)14(13)15/h2-3,6-7,10-11,13-14H,4-5,8H2,1H3/t10-,11-,13-,14+,15?/m1/s1.